The predicted molar refractivity (Wildman–Crippen MR) is 111 cm³/mol. The molecule has 3 rings (SSSR count). The summed E-state index contributed by atoms with van der Waals surface area (Å²) in [5.41, 5.74) is 2.19. The van der Waals surface area contributed by atoms with Crippen LogP contribution in [0.25, 0.3) is 0 Å². The summed E-state index contributed by atoms with van der Waals surface area (Å²) in [6.07, 6.45) is 2.57. The zero-order valence-electron chi connectivity index (χ0n) is 15.9. The lowest BCUT2D eigenvalue weighted by molar-refractivity contribution is -0.122. The third-order valence-electron chi connectivity index (χ3n) is 5.02. The van der Waals surface area contributed by atoms with Crippen molar-refractivity contribution in [1.82, 2.24) is 9.62 Å². The Morgan fingerprint density at radius 1 is 1.11 bits per heavy atom. The van der Waals surface area contributed by atoms with Crippen LogP contribution in [-0.2, 0) is 21.4 Å². The second kappa shape index (κ2) is 9.07. The number of carbonyl (C=O) groups excluding carboxylic acids is 1. The standard InChI is InChI=1S/C21H25ClN2O3S/c1-16-5-7-17(8-6-16)15-23-21(25)14-19-4-2-3-13-24(19)28(26,27)20-11-9-18(22)10-12-20/h5-12,19H,2-4,13-15H2,1H3,(H,23,25)/t19-/m0/s1. The summed E-state index contributed by atoms with van der Waals surface area (Å²) in [6, 6.07) is 13.8. The van der Waals surface area contributed by atoms with E-state index < -0.39 is 10.0 Å². The number of carbonyl (C=O) groups is 1. The molecule has 0 bridgehead atoms. The first kappa shape index (κ1) is 20.8. The van der Waals surface area contributed by atoms with Crippen molar-refractivity contribution in [3.05, 3.63) is 64.7 Å². The fourth-order valence-electron chi connectivity index (χ4n) is 3.43. The first-order valence-electron chi connectivity index (χ1n) is 9.46. The van der Waals surface area contributed by atoms with E-state index in [9.17, 15) is 13.2 Å². The third-order valence-corrected chi connectivity index (χ3v) is 7.24. The Morgan fingerprint density at radius 3 is 2.46 bits per heavy atom. The lowest BCUT2D eigenvalue weighted by Gasteiger charge is -2.34. The zero-order chi connectivity index (χ0) is 20.1. The molecular formula is C21H25ClN2O3S. The van der Waals surface area contributed by atoms with Crippen LogP contribution in [0.1, 0.15) is 36.8 Å². The van der Waals surface area contributed by atoms with E-state index in [-0.39, 0.29) is 23.3 Å². The van der Waals surface area contributed by atoms with Gasteiger partial charge >= 0.3 is 0 Å². The normalized spacial score (nSPS) is 18.0. The molecule has 1 aliphatic heterocycles. The zero-order valence-corrected chi connectivity index (χ0v) is 17.5. The molecule has 5 nitrogen and oxygen atoms in total. The van der Waals surface area contributed by atoms with Crippen molar-refractivity contribution in [2.45, 2.75) is 50.1 Å². The summed E-state index contributed by atoms with van der Waals surface area (Å²) in [7, 11) is -3.65. The van der Waals surface area contributed by atoms with E-state index in [2.05, 4.69) is 5.32 Å². The Balaban J connectivity index is 1.66. The number of hydrogen-bond donors (Lipinski definition) is 1. The van der Waals surface area contributed by atoms with Crippen LogP contribution in [0.2, 0.25) is 5.02 Å². The molecule has 0 aromatic heterocycles. The molecule has 7 heteroatoms. The summed E-state index contributed by atoms with van der Waals surface area (Å²) >= 11 is 5.88. The first-order chi connectivity index (χ1) is 13.4. The number of rotatable bonds is 6. The molecular weight excluding hydrogens is 396 g/mol. The van der Waals surface area contributed by atoms with Crippen LogP contribution in [0.4, 0.5) is 0 Å². The average molecular weight is 421 g/mol. The van der Waals surface area contributed by atoms with Crippen LogP contribution in [0, 0.1) is 6.92 Å². The maximum absolute atomic E-state index is 13.1. The Bertz CT molecular complexity index is 912. The van der Waals surface area contributed by atoms with Crippen LogP contribution in [-0.4, -0.2) is 31.2 Å². The molecule has 1 aliphatic rings. The number of piperidine rings is 1. The van der Waals surface area contributed by atoms with Gasteiger partial charge in [-0.2, -0.15) is 4.31 Å². The van der Waals surface area contributed by atoms with Gasteiger partial charge in [0.1, 0.15) is 0 Å². The highest BCUT2D eigenvalue weighted by molar-refractivity contribution is 7.89. The van der Waals surface area contributed by atoms with Gasteiger partial charge in [0.15, 0.2) is 0 Å². The first-order valence-corrected chi connectivity index (χ1v) is 11.3. The van der Waals surface area contributed by atoms with Crippen molar-refractivity contribution in [3.8, 4) is 0 Å². The smallest absolute Gasteiger partial charge is 0.243 e. The number of hydrogen-bond acceptors (Lipinski definition) is 3. The topological polar surface area (TPSA) is 66.5 Å². The minimum Gasteiger partial charge on any atom is -0.352 e. The third kappa shape index (κ3) is 5.13. The fourth-order valence-corrected chi connectivity index (χ4v) is 5.25. The second-order valence-electron chi connectivity index (χ2n) is 7.19. The Hall–Kier alpha value is -1.89. The molecule has 0 radical (unpaired) electrons. The van der Waals surface area contributed by atoms with E-state index in [1.54, 1.807) is 12.1 Å². The average Bonchev–Trinajstić information content (AvgIpc) is 2.68. The van der Waals surface area contributed by atoms with Crippen molar-refractivity contribution < 1.29 is 13.2 Å². The molecule has 1 fully saturated rings. The molecule has 0 spiro atoms. The van der Waals surface area contributed by atoms with Gasteiger partial charge in [0.2, 0.25) is 15.9 Å². The molecule has 28 heavy (non-hydrogen) atoms. The number of halogens is 1. The van der Waals surface area contributed by atoms with Crippen LogP contribution in [0.5, 0.6) is 0 Å². The Labute approximate surface area is 171 Å². The molecule has 0 unspecified atom stereocenters. The van der Waals surface area contributed by atoms with Crippen molar-refractivity contribution in [1.29, 1.82) is 0 Å². The van der Waals surface area contributed by atoms with E-state index in [1.807, 2.05) is 31.2 Å². The van der Waals surface area contributed by atoms with Gasteiger partial charge in [-0.05, 0) is 49.6 Å². The molecule has 0 aliphatic carbocycles. The van der Waals surface area contributed by atoms with E-state index in [1.165, 1.54) is 22.0 Å². The summed E-state index contributed by atoms with van der Waals surface area (Å²) in [5, 5.41) is 3.40. The molecule has 2 aromatic rings. The number of benzene rings is 2. The quantitative estimate of drug-likeness (QED) is 0.770. The van der Waals surface area contributed by atoms with Gasteiger partial charge in [-0.15, -0.1) is 0 Å². The largest absolute Gasteiger partial charge is 0.352 e. The van der Waals surface area contributed by atoms with Gasteiger partial charge in [0.25, 0.3) is 0 Å². The predicted octanol–water partition coefficient (Wildman–Crippen LogP) is 3.90. The van der Waals surface area contributed by atoms with Gasteiger partial charge in [-0.25, -0.2) is 8.42 Å². The van der Waals surface area contributed by atoms with Gasteiger partial charge in [-0.3, -0.25) is 4.79 Å². The molecule has 1 saturated heterocycles. The number of aryl methyl sites for hydroxylation is 1. The monoisotopic (exact) mass is 420 g/mol. The number of amides is 1. The lowest BCUT2D eigenvalue weighted by atomic mass is 10.0. The molecule has 1 N–H and O–H groups in total. The highest BCUT2D eigenvalue weighted by Crippen LogP contribution is 2.27. The molecule has 0 saturated carbocycles. The highest BCUT2D eigenvalue weighted by atomic mass is 35.5. The summed E-state index contributed by atoms with van der Waals surface area (Å²) in [4.78, 5) is 12.7. The maximum Gasteiger partial charge on any atom is 0.243 e. The SMILES string of the molecule is Cc1ccc(CNC(=O)C[C@@H]2CCCCN2S(=O)(=O)c2ccc(Cl)cc2)cc1. The number of nitrogens with one attached hydrogen (secondary N) is 1. The van der Waals surface area contributed by atoms with Crippen LogP contribution >= 0.6 is 11.6 Å². The molecule has 1 heterocycles. The highest BCUT2D eigenvalue weighted by Gasteiger charge is 2.34. The van der Waals surface area contributed by atoms with Crippen LogP contribution in [0.3, 0.4) is 0 Å². The minimum absolute atomic E-state index is 0.135. The fraction of sp³-hybridized carbons (Fsp3) is 0.381. The summed E-state index contributed by atoms with van der Waals surface area (Å²) < 4.78 is 27.6. The maximum atomic E-state index is 13.1. The lowest BCUT2D eigenvalue weighted by Crippen LogP contribution is -2.45. The Morgan fingerprint density at radius 2 is 1.79 bits per heavy atom. The second-order valence-corrected chi connectivity index (χ2v) is 9.51. The molecule has 150 valence electrons. The van der Waals surface area contributed by atoms with E-state index in [0.717, 1.165) is 18.4 Å². The minimum atomic E-state index is -3.65. The van der Waals surface area contributed by atoms with Crippen molar-refractivity contribution in [2.75, 3.05) is 6.54 Å². The van der Waals surface area contributed by atoms with Crippen molar-refractivity contribution in [3.63, 3.8) is 0 Å². The summed E-state index contributed by atoms with van der Waals surface area (Å²) in [5.74, 6) is -0.135. The van der Waals surface area contributed by atoms with Gasteiger partial charge in [0, 0.05) is 30.6 Å². The van der Waals surface area contributed by atoms with Gasteiger partial charge < -0.3 is 5.32 Å². The Kier molecular flexibility index (Phi) is 6.75. The van der Waals surface area contributed by atoms with Gasteiger partial charge in [-0.1, -0.05) is 47.9 Å². The van der Waals surface area contributed by atoms with Crippen molar-refractivity contribution >= 4 is 27.5 Å². The molecule has 1 atom stereocenters. The molecule has 1 amide bonds. The van der Waals surface area contributed by atoms with E-state index in [0.29, 0.717) is 24.5 Å². The molecule has 2 aromatic carbocycles. The van der Waals surface area contributed by atoms with Crippen LogP contribution in [0.15, 0.2) is 53.4 Å². The number of nitrogens with zero attached hydrogens (tertiary/aromatic N) is 1. The van der Waals surface area contributed by atoms with E-state index in [4.69, 9.17) is 11.6 Å². The summed E-state index contributed by atoms with van der Waals surface area (Å²) in [6.45, 7) is 2.89. The van der Waals surface area contributed by atoms with Gasteiger partial charge in [0.05, 0.1) is 4.90 Å². The van der Waals surface area contributed by atoms with Crippen LogP contribution < -0.4 is 5.32 Å². The van der Waals surface area contributed by atoms with E-state index >= 15 is 0 Å². The van der Waals surface area contributed by atoms with Crippen molar-refractivity contribution in [2.24, 2.45) is 0 Å². The number of sulfonamides is 1.